The average molecular weight is 335 g/mol. The highest BCUT2D eigenvalue weighted by molar-refractivity contribution is 8.12. The minimum Gasteiger partial charge on any atom is -0.493 e. The number of hydrogen-bond donors (Lipinski definition) is 2. The van der Waals surface area contributed by atoms with Gasteiger partial charge in [-0.25, -0.2) is 4.79 Å². The minimum atomic E-state index is -1.11. The van der Waals surface area contributed by atoms with Gasteiger partial charge in [0, 0.05) is 10.6 Å². The Morgan fingerprint density at radius 1 is 1.48 bits per heavy atom. The lowest BCUT2D eigenvalue weighted by molar-refractivity contribution is -0.131. The molecule has 6 heteroatoms. The normalized spacial score (nSPS) is 11.8. The van der Waals surface area contributed by atoms with E-state index >= 15 is 0 Å². The van der Waals surface area contributed by atoms with Crippen molar-refractivity contribution in [2.45, 2.75) is 20.8 Å². The first-order valence-electron chi connectivity index (χ1n) is 7.05. The van der Waals surface area contributed by atoms with Gasteiger partial charge in [0.05, 0.1) is 12.2 Å². The molecule has 1 aromatic carbocycles. The van der Waals surface area contributed by atoms with Crippen molar-refractivity contribution in [1.29, 1.82) is 0 Å². The molecule has 1 rings (SSSR count). The van der Waals surface area contributed by atoms with Crippen LogP contribution in [0.2, 0.25) is 0 Å². The molecular weight excluding hydrogens is 314 g/mol. The summed E-state index contributed by atoms with van der Waals surface area (Å²) < 4.78 is 5.59. The van der Waals surface area contributed by atoms with Crippen molar-refractivity contribution in [2.75, 3.05) is 6.61 Å². The van der Waals surface area contributed by atoms with Gasteiger partial charge in [0.25, 0.3) is 0 Å². The van der Waals surface area contributed by atoms with Gasteiger partial charge >= 0.3 is 5.97 Å². The van der Waals surface area contributed by atoms with Crippen LogP contribution in [-0.2, 0) is 4.79 Å². The van der Waals surface area contributed by atoms with E-state index in [-0.39, 0.29) is 10.6 Å². The lowest BCUT2D eigenvalue weighted by Gasteiger charge is -2.13. The van der Waals surface area contributed by atoms with Crippen LogP contribution in [0, 0.1) is 5.92 Å². The molecular formula is C17H21NO4S. The van der Waals surface area contributed by atoms with Crippen LogP contribution in [0.25, 0.3) is 4.91 Å². The molecule has 0 heterocycles. The molecule has 0 unspecified atom stereocenters. The highest BCUT2D eigenvalue weighted by atomic mass is 32.2. The lowest BCUT2D eigenvalue weighted by Crippen LogP contribution is -2.06. The van der Waals surface area contributed by atoms with E-state index in [0.717, 1.165) is 11.8 Å². The predicted octanol–water partition coefficient (Wildman–Crippen LogP) is 3.51. The molecule has 23 heavy (non-hydrogen) atoms. The topological polar surface area (TPSA) is 89.6 Å². The maximum Gasteiger partial charge on any atom is 0.344 e. The Morgan fingerprint density at radius 2 is 2.13 bits per heavy atom. The van der Waals surface area contributed by atoms with Gasteiger partial charge in [0.2, 0.25) is 0 Å². The largest absolute Gasteiger partial charge is 0.493 e. The molecule has 0 saturated carbocycles. The zero-order chi connectivity index (χ0) is 17.6. The van der Waals surface area contributed by atoms with Crippen LogP contribution in [-0.4, -0.2) is 24.0 Å². The maximum absolute atomic E-state index is 11.2. The van der Waals surface area contributed by atoms with Crippen molar-refractivity contribution in [2.24, 2.45) is 11.7 Å². The van der Waals surface area contributed by atoms with Crippen molar-refractivity contribution in [3.63, 3.8) is 0 Å². The first-order valence-corrected chi connectivity index (χ1v) is 7.86. The van der Waals surface area contributed by atoms with E-state index in [2.05, 4.69) is 6.58 Å². The van der Waals surface area contributed by atoms with E-state index < -0.39 is 5.97 Å². The molecule has 0 radical (unpaired) electrons. The highest BCUT2D eigenvalue weighted by Crippen LogP contribution is 2.34. The Balaban J connectivity index is 3.01. The van der Waals surface area contributed by atoms with Gasteiger partial charge in [0.1, 0.15) is 10.7 Å². The van der Waals surface area contributed by atoms with Crippen molar-refractivity contribution in [1.82, 2.24) is 0 Å². The van der Waals surface area contributed by atoms with E-state index in [1.807, 2.05) is 13.8 Å². The van der Waals surface area contributed by atoms with Crippen molar-refractivity contribution < 1.29 is 19.4 Å². The standard InChI is InChI=1S/C17H21NO4S/c1-10(2)9-22-15-6-5-13(7-14(15)8-19)12(4)23-16(11(3)18)17(20)21/h5-8,10H,4,9,18H2,1-3H3,(H,20,21)/b16-11-. The number of ether oxygens (including phenoxy) is 1. The molecule has 0 aliphatic carbocycles. The van der Waals surface area contributed by atoms with E-state index in [0.29, 0.717) is 40.6 Å². The quantitative estimate of drug-likeness (QED) is 0.558. The summed E-state index contributed by atoms with van der Waals surface area (Å²) in [7, 11) is 0. The summed E-state index contributed by atoms with van der Waals surface area (Å²) in [5.74, 6) is -0.265. The number of benzene rings is 1. The zero-order valence-corrected chi connectivity index (χ0v) is 14.3. The van der Waals surface area contributed by atoms with Gasteiger partial charge in [-0.05, 0) is 30.5 Å². The number of aliphatic carboxylic acids is 1. The summed E-state index contributed by atoms with van der Waals surface area (Å²) >= 11 is 0.961. The maximum atomic E-state index is 11.2. The summed E-state index contributed by atoms with van der Waals surface area (Å²) in [6, 6.07) is 5.05. The Hall–Kier alpha value is -2.21. The van der Waals surface area contributed by atoms with Gasteiger partial charge in [-0.15, -0.1) is 0 Å². The number of allylic oxidation sites excluding steroid dienone is 1. The molecule has 0 aliphatic rings. The fourth-order valence-corrected chi connectivity index (χ4v) is 2.42. The second-order valence-corrected chi connectivity index (χ2v) is 6.52. The van der Waals surface area contributed by atoms with Crippen LogP contribution in [0.5, 0.6) is 5.75 Å². The van der Waals surface area contributed by atoms with Crippen LogP contribution in [0.3, 0.4) is 0 Å². The third kappa shape index (κ3) is 5.49. The second kappa shape index (κ2) is 8.43. The van der Waals surface area contributed by atoms with Gasteiger partial charge in [0.15, 0.2) is 6.29 Å². The minimum absolute atomic E-state index is 0.0165. The molecule has 0 spiro atoms. The summed E-state index contributed by atoms with van der Waals surface area (Å²) in [5.41, 5.74) is 6.82. The lowest BCUT2D eigenvalue weighted by atomic mass is 10.1. The van der Waals surface area contributed by atoms with Gasteiger partial charge in [-0.3, -0.25) is 4.79 Å². The third-order valence-corrected chi connectivity index (χ3v) is 3.99. The molecule has 124 valence electrons. The average Bonchev–Trinajstić information content (AvgIpc) is 2.49. The predicted molar refractivity (Wildman–Crippen MR) is 93.3 cm³/mol. The zero-order valence-electron chi connectivity index (χ0n) is 13.5. The molecule has 0 fully saturated rings. The molecule has 0 aromatic heterocycles. The monoisotopic (exact) mass is 335 g/mol. The third-order valence-electron chi connectivity index (χ3n) is 2.81. The number of hydrogen-bond acceptors (Lipinski definition) is 5. The van der Waals surface area contributed by atoms with E-state index in [1.165, 1.54) is 6.92 Å². The number of carboxylic acid groups (broad SMARTS) is 1. The summed E-state index contributed by atoms with van der Waals surface area (Å²) in [6.07, 6.45) is 0.708. The van der Waals surface area contributed by atoms with Crippen molar-refractivity contribution in [3.8, 4) is 5.75 Å². The summed E-state index contributed by atoms with van der Waals surface area (Å²) in [4.78, 5) is 22.9. The van der Waals surface area contributed by atoms with E-state index in [4.69, 9.17) is 15.6 Å². The van der Waals surface area contributed by atoms with Crippen LogP contribution < -0.4 is 10.5 Å². The molecule has 0 bridgehead atoms. The molecule has 0 atom stereocenters. The molecule has 1 aromatic rings. The molecule has 0 amide bonds. The SMILES string of the molecule is C=C(S/C(C(=O)O)=C(/C)N)c1ccc(OCC(C)C)c(C=O)c1. The van der Waals surface area contributed by atoms with Gasteiger partial charge in [-0.2, -0.15) is 0 Å². The van der Waals surface area contributed by atoms with Gasteiger partial charge < -0.3 is 15.6 Å². The second-order valence-electron chi connectivity index (χ2n) is 5.42. The number of aldehydes is 1. The molecule has 0 aliphatic heterocycles. The Labute approximate surface area is 140 Å². The fourth-order valence-electron chi connectivity index (χ4n) is 1.68. The first kappa shape index (κ1) is 18.8. The van der Waals surface area contributed by atoms with Crippen molar-refractivity contribution in [3.05, 3.63) is 46.5 Å². The summed E-state index contributed by atoms with van der Waals surface area (Å²) in [5, 5.41) is 9.13. The number of thioether (sulfide) groups is 1. The van der Waals surface area contributed by atoms with Crippen molar-refractivity contribution >= 4 is 28.9 Å². The highest BCUT2D eigenvalue weighted by Gasteiger charge is 2.15. The number of nitrogens with two attached hydrogens (primary N) is 1. The van der Waals surface area contributed by atoms with Crippen LogP contribution in [0.1, 0.15) is 36.7 Å². The van der Waals surface area contributed by atoms with Crippen LogP contribution in [0.15, 0.2) is 35.4 Å². The van der Waals surface area contributed by atoms with Crippen LogP contribution in [0.4, 0.5) is 0 Å². The molecule has 5 nitrogen and oxygen atoms in total. The van der Waals surface area contributed by atoms with E-state index in [9.17, 15) is 9.59 Å². The number of rotatable bonds is 8. The van der Waals surface area contributed by atoms with Gasteiger partial charge in [-0.1, -0.05) is 38.3 Å². The Kier molecular flexibility index (Phi) is 6.90. The Bertz CT molecular complexity index is 646. The smallest absolute Gasteiger partial charge is 0.344 e. The number of carbonyl (C=O) groups is 2. The number of carbonyl (C=O) groups excluding carboxylic acids is 1. The molecule has 0 saturated heterocycles. The first-order chi connectivity index (χ1) is 10.8. The summed E-state index contributed by atoms with van der Waals surface area (Å²) in [6.45, 7) is 9.92. The Morgan fingerprint density at radius 3 is 2.61 bits per heavy atom. The van der Waals surface area contributed by atoms with Crippen LogP contribution >= 0.6 is 11.8 Å². The van der Waals surface area contributed by atoms with E-state index in [1.54, 1.807) is 18.2 Å². The number of carboxylic acids is 1. The molecule has 3 N–H and O–H groups in total. The fraction of sp³-hybridized carbons (Fsp3) is 0.294.